The molecule has 0 fully saturated rings. The fourth-order valence-electron chi connectivity index (χ4n) is 0.603. The molecule has 0 aromatic heterocycles. The average Bonchev–Trinajstić information content (AvgIpc) is 2.01. The van der Waals surface area contributed by atoms with Gasteiger partial charge in [0.1, 0.15) is 5.84 Å². The smallest absolute Gasteiger partial charge is 0.139 e. The summed E-state index contributed by atoms with van der Waals surface area (Å²) in [7, 11) is 0. The summed E-state index contributed by atoms with van der Waals surface area (Å²) in [5.74, 6) is 0.707. The van der Waals surface area contributed by atoms with Crippen molar-refractivity contribution in [2.75, 3.05) is 6.54 Å². The van der Waals surface area contributed by atoms with E-state index in [1.807, 2.05) is 0 Å². The summed E-state index contributed by atoms with van der Waals surface area (Å²) in [6.07, 6.45) is 5.18. The maximum Gasteiger partial charge on any atom is 0.139 e. The van der Waals surface area contributed by atoms with Gasteiger partial charge < -0.3 is 0 Å². The van der Waals surface area contributed by atoms with Gasteiger partial charge in [0.05, 0.1) is 6.54 Å². The van der Waals surface area contributed by atoms with Crippen molar-refractivity contribution in [3.8, 4) is 0 Å². The molecule has 4 nitrogen and oxygen atoms in total. The van der Waals surface area contributed by atoms with Crippen LogP contribution in [0.25, 0.3) is 0 Å². The summed E-state index contributed by atoms with van der Waals surface area (Å²) >= 11 is 5.54. The maximum absolute atomic E-state index is 5.54. The van der Waals surface area contributed by atoms with E-state index in [1.54, 1.807) is 18.4 Å². The number of hydrogen-bond acceptors (Lipinski definition) is 3. The first-order valence-electron chi connectivity index (χ1n) is 3.13. The molecule has 0 aliphatic carbocycles. The van der Waals surface area contributed by atoms with Crippen molar-refractivity contribution in [2.24, 2.45) is 4.99 Å². The van der Waals surface area contributed by atoms with Crippen LogP contribution in [0.15, 0.2) is 29.9 Å². The summed E-state index contributed by atoms with van der Waals surface area (Å²) in [5, 5.41) is 0. The molecule has 1 heterocycles. The van der Waals surface area contributed by atoms with E-state index >= 15 is 0 Å². The zero-order valence-electron chi connectivity index (χ0n) is 5.92. The standard InChI is InChI=1S/C6H9ClN4/c1-2-4-8-6-3-5-9-11(7)10-6/h2-3,5,9H,1,4H2,(H,8,10). The van der Waals surface area contributed by atoms with Gasteiger partial charge in [-0.3, -0.25) is 15.8 Å². The van der Waals surface area contributed by atoms with Crippen molar-refractivity contribution in [1.29, 1.82) is 0 Å². The molecule has 0 atom stereocenters. The highest BCUT2D eigenvalue weighted by Gasteiger charge is 2.03. The molecule has 0 spiro atoms. The van der Waals surface area contributed by atoms with Crippen LogP contribution in [0.3, 0.4) is 0 Å². The highest BCUT2D eigenvalue weighted by molar-refractivity contribution is 6.14. The Morgan fingerprint density at radius 2 is 2.64 bits per heavy atom. The summed E-state index contributed by atoms with van der Waals surface area (Å²) in [5.41, 5.74) is 5.44. The van der Waals surface area contributed by atoms with E-state index in [9.17, 15) is 0 Å². The number of rotatable bonds is 2. The van der Waals surface area contributed by atoms with Gasteiger partial charge in [-0.1, -0.05) is 6.08 Å². The molecule has 0 saturated carbocycles. The minimum atomic E-state index is 0.581. The number of hydrazine groups is 2. The van der Waals surface area contributed by atoms with Crippen LogP contribution in [0.1, 0.15) is 0 Å². The SMILES string of the molecule is C=CCN=C1C=CNN(Cl)N1. The van der Waals surface area contributed by atoms with Crippen molar-refractivity contribution in [3.63, 3.8) is 0 Å². The van der Waals surface area contributed by atoms with Crippen LogP contribution in [0.2, 0.25) is 0 Å². The lowest BCUT2D eigenvalue weighted by Crippen LogP contribution is -2.44. The van der Waals surface area contributed by atoms with Gasteiger partial charge in [-0.2, -0.15) is 0 Å². The Hall–Kier alpha value is -1.00. The number of nitrogens with one attached hydrogen (secondary N) is 2. The third-order valence-corrected chi connectivity index (χ3v) is 1.21. The molecule has 11 heavy (non-hydrogen) atoms. The van der Waals surface area contributed by atoms with E-state index in [0.717, 1.165) is 0 Å². The molecule has 0 amide bonds. The Morgan fingerprint density at radius 3 is 3.27 bits per heavy atom. The number of amidine groups is 1. The van der Waals surface area contributed by atoms with Gasteiger partial charge in [-0.25, -0.2) is 0 Å². The molecule has 1 rings (SSSR count). The largest absolute Gasteiger partial charge is 0.294 e. The predicted molar refractivity (Wildman–Crippen MR) is 45.6 cm³/mol. The van der Waals surface area contributed by atoms with Crippen LogP contribution < -0.4 is 10.9 Å². The fraction of sp³-hybridized carbons (Fsp3) is 0.167. The summed E-state index contributed by atoms with van der Waals surface area (Å²) in [6, 6.07) is 0. The van der Waals surface area contributed by atoms with E-state index in [-0.39, 0.29) is 0 Å². The summed E-state index contributed by atoms with van der Waals surface area (Å²) in [6.45, 7) is 4.12. The second-order valence-corrected chi connectivity index (χ2v) is 2.21. The molecule has 0 unspecified atom stereocenters. The van der Waals surface area contributed by atoms with E-state index in [0.29, 0.717) is 12.4 Å². The van der Waals surface area contributed by atoms with Gasteiger partial charge >= 0.3 is 0 Å². The number of hydrogen-bond donors (Lipinski definition) is 2. The molecule has 0 bridgehead atoms. The summed E-state index contributed by atoms with van der Waals surface area (Å²) < 4.78 is 1.20. The monoisotopic (exact) mass is 172 g/mol. The second kappa shape index (κ2) is 4.00. The van der Waals surface area contributed by atoms with Crippen LogP contribution in [0.5, 0.6) is 0 Å². The zero-order chi connectivity index (χ0) is 8.10. The second-order valence-electron chi connectivity index (χ2n) is 1.87. The highest BCUT2D eigenvalue weighted by Crippen LogP contribution is 1.91. The van der Waals surface area contributed by atoms with Crippen molar-refractivity contribution in [2.45, 2.75) is 0 Å². The van der Waals surface area contributed by atoms with Crippen molar-refractivity contribution in [3.05, 3.63) is 24.9 Å². The van der Waals surface area contributed by atoms with E-state index < -0.39 is 0 Å². The Kier molecular flexibility index (Phi) is 2.95. The van der Waals surface area contributed by atoms with Crippen molar-refractivity contribution >= 4 is 17.6 Å². The Morgan fingerprint density at radius 1 is 1.82 bits per heavy atom. The van der Waals surface area contributed by atoms with Gasteiger partial charge in [0, 0.05) is 18.0 Å². The van der Waals surface area contributed by atoms with Crippen molar-refractivity contribution in [1.82, 2.24) is 15.5 Å². The maximum atomic E-state index is 5.54. The van der Waals surface area contributed by atoms with Gasteiger partial charge in [-0.15, -0.1) is 6.58 Å². The Bertz CT molecular complexity index is 199. The topological polar surface area (TPSA) is 39.7 Å². The first-order valence-corrected chi connectivity index (χ1v) is 3.47. The molecular formula is C6H9ClN4. The molecule has 1 aliphatic rings. The minimum absolute atomic E-state index is 0.581. The molecule has 0 radical (unpaired) electrons. The first kappa shape index (κ1) is 8.10. The van der Waals surface area contributed by atoms with Crippen molar-refractivity contribution < 1.29 is 0 Å². The van der Waals surface area contributed by atoms with Crippen LogP contribution in [-0.4, -0.2) is 17.0 Å². The molecule has 0 saturated heterocycles. The quantitative estimate of drug-likeness (QED) is 0.473. The van der Waals surface area contributed by atoms with E-state index in [4.69, 9.17) is 11.8 Å². The molecule has 0 aromatic carbocycles. The third kappa shape index (κ3) is 2.61. The van der Waals surface area contributed by atoms with Gasteiger partial charge in [0.15, 0.2) is 0 Å². The highest BCUT2D eigenvalue weighted by atomic mass is 35.5. The molecule has 5 heteroatoms. The molecule has 2 N–H and O–H groups in total. The number of halogens is 1. The molecule has 0 aromatic rings. The van der Waals surface area contributed by atoms with Crippen LogP contribution in [0.4, 0.5) is 0 Å². The van der Waals surface area contributed by atoms with Crippen LogP contribution in [-0.2, 0) is 0 Å². The lowest BCUT2D eigenvalue weighted by atomic mass is 10.5. The van der Waals surface area contributed by atoms with Crippen LogP contribution in [0, 0.1) is 0 Å². The molecular weight excluding hydrogens is 164 g/mol. The van der Waals surface area contributed by atoms with Crippen LogP contribution >= 0.6 is 11.8 Å². The van der Waals surface area contributed by atoms with Gasteiger partial charge in [0.25, 0.3) is 0 Å². The normalized spacial score (nSPS) is 21.0. The molecule has 60 valence electrons. The summed E-state index contributed by atoms with van der Waals surface area (Å²) in [4.78, 5) is 4.09. The Balaban J connectivity index is 2.51. The average molecular weight is 173 g/mol. The molecule has 1 aliphatic heterocycles. The zero-order valence-corrected chi connectivity index (χ0v) is 6.67. The lowest BCUT2D eigenvalue weighted by Gasteiger charge is -2.19. The van der Waals surface area contributed by atoms with Gasteiger partial charge in [-0.05, 0) is 10.7 Å². The van der Waals surface area contributed by atoms with E-state index in [1.165, 1.54) is 4.64 Å². The number of nitrogens with zero attached hydrogens (tertiary/aromatic N) is 2. The van der Waals surface area contributed by atoms with Gasteiger partial charge in [0.2, 0.25) is 0 Å². The minimum Gasteiger partial charge on any atom is -0.294 e. The fourth-order valence-corrected chi connectivity index (χ4v) is 0.746. The first-order chi connectivity index (χ1) is 5.33. The number of aliphatic imine (C=N–C) groups is 1. The van der Waals surface area contributed by atoms with E-state index in [2.05, 4.69) is 22.4 Å². The predicted octanol–water partition coefficient (Wildman–Crippen LogP) is 0.563. The lowest BCUT2D eigenvalue weighted by molar-refractivity contribution is 0.343. The third-order valence-electron chi connectivity index (χ3n) is 1.03. The Labute approximate surface area is 70.3 Å².